The summed E-state index contributed by atoms with van der Waals surface area (Å²) in [6.07, 6.45) is 4.83. The molecule has 0 spiro atoms. The van der Waals surface area contributed by atoms with Gasteiger partial charge in [-0.3, -0.25) is 4.79 Å². The molecule has 18 heavy (non-hydrogen) atoms. The van der Waals surface area contributed by atoms with Gasteiger partial charge in [0.05, 0.1) is 5.54 Å². The van der Waals surface area contributed by atoms with Crippen LogP contribution in [0.5, 0.6) is 0 Å². The first kappa shape index (κ1) is 13.8. The first-order valence-electron chi connectivity index (χ1n) is 7.20. The van der Waals surface area contributed by atoms with E-state index in [0.29, 0.717) is 43.9 Å². The first-order chi connectivity index (χ1) is 8.53. The maximum atomic E-state index is 12.3. The molecule has 4 heteroatoms. The number of carbonyl (C=O) groups is 1. The van der Waals surface area contributed by atoms with E-state index >= 15 is 0 Å². The second-order valence-corrected chi connectivity index (χ2v) is 6.12. The smallest absolute Gasteiger partial charge is 0.240 e. The Morgan fingerprint density at radius 2 is 1.94 bits per heavy atom. The summed E-state index contributed by atoms with van der Waals surface area (Å²) in [7, 11) is 0. The Morgan fingerprint density at radius 3 is 2.61 bits per heavy atom. The molecule has 4 nitrogen and oxygen atoms in total. The van der Waals surface area contributed by atoms with Crippen molar-refractivity contribution in [3.05, 3.63) is 0 Å². The van der Waals surface area contributed by atoms with Gasteiger partial charge in [-0.15, -0.1) is 0 Å². The Bertz CT molecular complexity index is 300. The molecule has 104 valence electrons. The van der Waals surface area contributed by atoms with Gasteiger partial charge in [0.1, 0.15) is 0 Å². The third kappa shape index (κ3) is 2.86. The van der Waals surface area contributed by atoms with Gasteiger partial charge in [-0.2, -0.15) is 0 Å². The van der Waals surface area contributed by atoms with Crippen LogP contribution in [0.4, 0.5) is 0 Å². The van der Waals surface area contributed by atoms with Gasteiger partial charge in [0.2, 0.25) is 5.91 Å². The topological polar surface area (TPSA) is 64.4 Å². The van der Waals surface area contributed by atoms with Gasteiger partial charge in [-0.1, -0.05) is 26.7 Å². The largest absolute Gasteiger partial charge is 0.381 e. The van der Waals surface area contributed by atoms with Crippen molar-refractivity contribution in [1.29, 1.82) is 0 Å². The zero-order valence-electron chi connectivity index (χ0n) is 11.6. The number of hydrogen-bond donors (Lipinski definition) is 2. The van der Waals surface area contributed by atoms with E-state index in [0.717, 1.165) is 6.42 Å². The summed E-state index contributed by atoms with van der Waals surface area (Å²) >= 11 is 0. The average molecular weight is 254 g/mol. The molecule has 2 rings (SSSR count). The van der Waals surface area contributed by atoms with Crippen LogP contribution in [0.15, 0.2) is 0 Å². The Hall–Kier alpha value is -0.610. The molecule has 0 radical (unpaired) electrons. The number of ether oxygens (including phenoxy) is 1. The fraction of sp³-hybridized carbons (Fsp3) is 0.929. The Kier molecular flexibility index (Phi) is 4.28. The van der Waals surface area contributed by atoms with Crippen molar-refractivity contribution in [3.63, 3.8) is 0 Å². The van der Waals surface area contributed by atoms with E-state index in [4.69, 9.17) is 10.5 Å². The number of rotatable bonds is 2. The van der Waals surface area contributed by atoms with E-state index in [-0.39, 0.29) is 5.91 Å². The minimum Gasteiger partial charge on any atom is -0.381 e. The van der Waals surface area contributed by atoms with Crippen LogP contribution < -0.4 is 11.1 Å². The highest BCUT2D eigenvalue weighted by atomic mass is 16.5. The maximum absolute atomic E-state index is 12.3. The lowest BCUT2D eigenvalue weighted by Crippen LogP contribution is -2.60. The third-order valence-corrected chi connectivity index (χ3v) is 4.86. The van der Waals surface area contributed by atoms with Crippen LogP contribution in [0, 0.1) is 11.8 Å². The first-order valence-corrected chi connectivity index (χ1v) is 7.20. The Morgan fingerprint density at radius 1 is 1.28 bits per heavy atom. The number of nitrogens with two attached hydrogens (primary N) is 1. The Labute approximate surface area is 110 Å². The van der Waals surface area contributed by atoms with Gasteiger partial charge in [0.15, 0.2) is 0 Å². The fourth-order valence-electron chi connectivity index (χ4n) is 3.06. The zero-order valence-corrected chi connectivity index (χ0v) is 11.6. The fourth-order valence-corrected chi connectivity index (χ4v) is 3.06. The van der Waals surface area contributed by atoms with Gasteiger partial charge < -0.3 is 15.8 Å². The minimum absolute atomic E-state index is 0.0248. The summed E-state index contributed by atoms with van der Waals surface area (Å²) in [5, 5.41) is 3.19. The van der Waals surface area contributed by atoms with Crippen LogP contribution in [-0.4, -0.2) is 30.7 Å². The molecule has 0 bridgehead atoms. The molecule has 3 atom stereocenters. The third-order valence-electron chi connectivity index (χ3n) is 4.86. The highest BCUT2D eigenvalue weighted by molar-refractivity contribution is 5.86. The molecule has 1 saturated heterocycles. The molecule has 1 amide bonds. The lowest BCUT2D eigenvalue weighted by molar-refractivity contribution is -0.131. The summed E-state index contributed by atoms with van der Waals surface area (Å²) in [5.41, 5.74) is 5.50. The standard InChI is InChI=1S/C14H26N2O2/c1-10-4-3-5-12(11(10)2)16-13(17)14(15)6-8-18-9-7-14/h10-12H,3-9,15H2,1-2H3,(H,16,17). The molecule has 0 aromatic rings. The summed E-state index contributed by atoms with van der Waals surface area (Å²) in [6, 6.07) is 0.296. The molecule has 0 aromatic heterocycles. The van der Waals surface area contributed by atoms with E-state index in [2.05, 4.69) is 19.2 Å². The normalized spacial score (nSPS) is 36.1. The predicted molar refractivity (Wildman–Crippen MR) is 71.1 cm³/mol. The van der Waals surface area contributed by atoms with E-state index < -0.39 is 5.54 Å². The molecule has 3 unspecified atom stereocenters. The summed E-state index contributed by atoms with van der Waals surface area (Å²) in [6.45, 7) is 5.71. The number of hydrogen-bond acceptors (Lipinski definition) is 3. The quantitative estimate of drug-likeness (QED) is 0.783. The second kappa shape index (κ2) is 5.57. The van der Waals surface area contributed by atoms with E-state index in [1.165, 1.54) is 12.8 Å². The molecule has 1 aliphatic carbocycles. The van der Waals surface area contributed by atoms with Crippen molar-refractivity contribution in [2.45, 2.75) is 57.5 Å². The van der Waals surface area contributed by atoms with Gasteiger partial charge in [-0.05, 0) is 31.1 Å². The highest BCUT2D eigenvalue weighted by Crippen LogP contribution is 2.30. The maximum Gasteiger partial charge on any atom is 0.240 e. The van der Waals surface area contributed by atoms with E-state index in [9.17, 15) is 4.79 Å². The summed E-state index contributed by atoms with van der Waals surface area (Å²) in [4.78, 5) is 12.3. The van der Waals surface area contributed by atoms with Crippen LogP contribution in [0.25, 0.3) is 0 Å². The summed E-state index contributed by atoms with van der Waals surface area (Å²) in [5.74, 6) is 1.26. The van der Waals surface area contributed by atoms with Crippen molar-refractivity contribution in [2.75, 3.05) is 13.2 Å². The van der Waals surface area contributed by atoms with E-state index in [1.807, 2.05) is 0 Å². The van der Waals surface area contributed by atoms with Crippen molar-refractivity contribution in [2.24, 2.45) is 17.6 Å². The van der Waals surface area contributed by atoms with Crippen molar-refractivity contribution in [3.8, 4) is 0 Å². The van der Waals surface area contributed by atoms with Crippen LogP contribution in [0.3, 0.4) is 0 Å². The van der Waals surface area contributed by atoms with Crippen LogP contribution in [0.1, 0.15) is 46.0 Å². The van der Waals surface area contributed by atoms with E-state index in [1.54, 1.807) is 0 Å². The SMILES string of the molecule is CC1CCCC(NC(=O)C2(N)CCOCC2)C1C. The molecule has 1 saturated carbocycles. The number of carbonyl (C=O) groups excluding carboxylic acids is 1. The molecular formula is C14H26N2O2. The molecule has 1 heterocycles. The van der Waals surface area contributed by atoms with Crippen molar-refractivity contribution in [1.82, 2.24) is 5.32 Å². The summed E-state index contributed by atoms with van der Waals surface area (Å²) < 4.78 is 5.28. The Balaban J connectivity index is 1.93. The lowest BCUT2D eigenvalue weighted by Gasteiger charge is -2.38. The van der Waals surface area contributed by atoms with Crippen LogP contribution >= 0.6 is 0 Å². The van der Waals surface area contributed by atoms with Gasteiger partial charge in [0.25, 0.3) is 0 Å². The lowest BCUT2D eigenvalue weighted by atomic mass is 9.77. The molecule has 1 aliphatic heterocycles. The number of amides is 1. The monoisotopic (exact) mass is 254 g/mol. The predicted octanol–water partition coefficient (Wildman–Crippen LogP) is 1.44. The zero-order chi connectivity index (χ0) is 13.2. The van der Waals surface area contributed by atoms with Gasteiger partial charge >= 0.3 is 0 Å². The molecule has 3 N–H and O–H groups in total. The molecule has 2 aliphatic rings. The van der Waals surface area contributed by atoms with Gasteiger partial charge in [-0.25, -0.2) is 0 Å². The molecular weight excluding hydrogens is 228 g/mol. The van der Waals surface area contributed by atoms with Gasteiger partial charge in [0, 0.05) is 19.3 Å². The minimum atomic E-state index is -0.710. The highest BCUT2D eigenvalue weighted by Gasteiger charge is 2.38. The average Bonchev–Trinajstić information content (AvgIpc) is 2.36. The molecule has 2 fully saturated rings. The molecule has 0 aromatic carbocycles. The van der Waals surface area contributed by atoms with Crippen LogP contribution in [-0.2, 0) is 9.53 Å². The van der Waals surface area contributed by atoms with Crippen molar-refractivity contribution < 1.29 is 9.53 Å². The van der Waals surface area contributed by atoms with Crippen molar-refractivity contribution >= 4 is 5.91 Å². The van der Waals surface area contributed by atoms with Crippen LogP contribution in [0.2, 0.25) is 0 Å². The number of nitrogens with one attached hydrogen (secondary N) is 1. The second-order valence-electron chi connectivity index (χ2n) is 6.12.